The van der Waals surface area contributed by atoms with Gasteiger partial charge in [0.25, 0.3) is 0 Å². The molecule has 2 N–H and O–H groups in total. The van der Waals surface area contributed by atoms with Crippen LogP contribution in [0.5, 0.6) is 0 Å². The van der Waals surface area contributed by atoms with Gasteiger partial charge in [-0.2, -0.15) is 0 Å². The van der Waals surface area contributed by atoms with Crippen molar-refractivity contribution in [2.45, 2.75) is 25.4 Å². The molecule has 0 bridgehead atoms. The van der Waals surface area contributed by atoms with Crippen molar-refractivity contribution in [3.8, 4) is 0 Å². The fraction of sp³-hybridized carbons (Fsp3) is 0.533. The second-order valence-electron chi connectivity index (χ2n) is 5.14. The van der Waals surface area contributed by atoms with Crippen molar-refractivity contribution >= 4 is 21.9 Å². The summed E-state index contributed by atoms with van der Waals surface area (Å²) in [6.07, 6.45) is 2.33. The molecule has 0 spiro atoms. The van der Waals surface area contributed by atoms with E-state index < -0.39 is 0 Å². The molecule has 1 saturated heterocycles. The highest BCUT2D eigenvalue weighted by atomic mass is 79.9. The first-order chi connectivity index (χ1) is 9.71. The highest BCUT2D eigenvalue weighted by Gasteiger charge is 2.19. The Balaban J connectivity index is 1.78. The Morgan fingerprint density at radius 3 is 2.50 bits per heavy atom. The van der Waals surface area contributed by atoms with Gasteiger partial charge in [-0.05, 0) is 30.5 Å². The molecule has 1 aromatic rings. The first kappa shape index (κ1) is 15.3. The van der Waals surface area contributed by atoms with Crippen LogP contribution in [0.2, 0.25) is 0 Å². The van der Waals surface area contributed by atoms with Gasteiger partial charge in [0.1, 0.15) is 0 Å². The third-order valence-electron chi connectivity index (χ3n) is 3.71. The molecule has 110 valence electrons. The van der Waals surface area contributed by atoms with Crippen LogP contribution in [0.1, 0.15) is 18.4 Å². The molecule has 0 aliphatic carbocycles. The van der Waals surface area contributed by atoms with Gasteiger partial charge in [0.2, 0.25) is 0 Å². The minimum absolute atomic E-state index is 0.530. The van der Waals surface area contributed by atoms with Crippen molar-refractivity contribution in [1.82, 2.24) is 15.5 Å². The fourth-order valence-corrected chi connectivity index (χ4v) is 2.79. The number of piperidine rings is 1. The largest absolute Gasteiger partial charge is 0.359 e. The number of aliphatic imine (C=N–C) groups is 1. The molecule has 0 radical (unpaired) electrons. The molecule has 0 saturated carbocycles. The molecule has 1 fully saturated rings. The quantitative estimate of drug-likeness (QED) is 0.655. The molecular formula is C15H23BrN4. The second kappa shape index (κ2) is 7.64. The van der Waals surface area contributed by atoms with Gasteiger partial charge in [-0.3, -0.25) is 9.89 Å². The molecule has 1 heterocycles. The van der Waals surface area contributed by atoms with Crippen molar-refractivity contribution in [3.05, 3.63) is 34.3 Å². The van der Waals surface area contributed by atoms with E-state index in [-0.39, 0.29) is 0 Å². The van der Waals surface area contributed by atoms with Gasteiger partial charge in [-0.1, -0.05) is 28.1 Å². The van der Waals surface area contributed by atoms with Gasteiger partial charge in [0.05, 0.1) is 0 Å². The van der Waals surface area contributed by atoms with E-state index in [0.29, 0.717) is 6.04 Å². The van der Waals surface area contributed by atoms with Crippen molar-refractivity contribution in [2.24, 2.45) is 4.99 Å². The smallest absolute Gasteiger partial charge is 0.190 e. The topological polar surface area (TPSA) is 39.7 Å². The van der Waals surface area contributed by atoms with E-state index in [4.69, 9.17) is 0 Å². The molecule has 1 aliphatic rings. The predicted molar refractivity (Wildman–Crippen MR) is 88.0 cm³/mol. The van der Waals surface area contributed by atoms with Crippen molar-refractivity contribution in [1.29, 1.82) is 0 Å². The molecular weight excluding hydrogens is 316 g/mol. The van der Waals surface area contributed by atoms with Gasteiger partial charge in [-0.15, -0.1) is 0 Å². The number of hydrogen-bond donors (Lipinski definition) is 2. The first-order valence-electron chi connectivity index (χ1n) is 7.09. The molecule has 4 nitrogen and oxygen atoms in total. The average Bonchev–Trinajstić information content (AvgIpc) is 2.49. The molecule has 0 atom stereocenters. The lowest BCUT2D eigenvalue weighted by atomic mass is 10.0. The third-order valence-corrected chi connectivity index (χ3v) is 4.24. The van der Waals surface area contributed by atoms with Crippen LogP contribution < -0.4 is 10.6 Å². The average molecular weight is 339 g/mol. The number of nitrogens with zero attached hydrogens (tertiary/aromatic N) is 2. The van der Waals surface area contributed by atoms with E-state index in [1.54, 1.807) is 0 Å². The SMILES string of the molecule is CN=C(NC)NC1CCN(Cc2ccc(Br)cc2)CC1. The Morgan fingerprint density at radius 2 is 1.95 bits per heavy atom. The van der Waals surface area contributed by atoms with Crippen LogP contribution in [0.25, 0.3) is 0 Å². The van der Waals surface area contributed by atoms with Crippen molar-refractivity contribution in [3.63, 3.8) is 0 Å². The van der Waals surface area contributed by atoms with Crippen LogP contribution in [0.15, 0.2) is 33.7 Å². The zero-order chi connectivity index (χ0) is 14.4. The lowest BCUT2D eigenvalue weighted by molar-refractivity contribution is 0.198. The summed E-state index contributed by atoms with van der Waals surface area (Å²) >= 11 is 3.48. The van der Waals surface area contributed by atoms with E-state index in [1.165, 1.54) is 5.56 Å². The lowest BCUT2D eigenvalue weighted by Gasteiger charge is -2.33. The van der Waals surface area contributed by atoms with Crippen LogP contribution in [-0.2, 0) is 6.54 Å². The summed E-state index contributed by atoms with van der Waals surface area (Å²) in [5.74, 6) is 0.886. The monoisotopic (exact) mass is 338 g/mol. The number of hydrogen-bond acceptors (Lipinski definition) is 2. The van der Waals surface area contributed by atoms with Crippen molar-refractivity contribution in [2.75, 3.05) is 27.2 Å². The van der Waals surface area contributed by atoms with E-state index in [0.717, 1.165) is 42.9 Å². The highest BCUT2D eigenvalue weighted by molar-refractivity contribution is 9.10. The Hall–Kier alpha value is -1.07. The van der Waals surface area contributed by atoms with E-state index in [2.05, 4.69) is 60.7 Å². The summed E-state index contributed by atoms with van der Waals surface area (Å²) in [4.78, 5) is 6.69. The summed E-state index contributed by atoms with van der Waals surface area (Å²) in [7, 11) is 3.71. The molecule has 0 unspecified atom stereocenters. The minimum Gasteiger partial charge on any atom is -0.359 e. The Labute approximate surface area is 129 Å². The van der Waals surface area contributed by atoms with Crippen molar-refractivity contribution < 1.29 is 0 Å². The van der Waals surface area contributed by atoms with Crippen LogP contribution in [-0.4, -0.2) is 44.1 Å². The molecule has 2 rings (SSSR count). The standard InChI is InChI=1S/C15H23BrN4/c1-17-15(18-2)19-14-7-9-20(10-8-14)11-12-3-5-13(16)6-4-12/h3-6,14H,7-11H2,1-2H3,(H2,17,18,19). The van der Waals surface area contributed by atoms with Crippen LogP contribution in [0, 0.1) is 0 Å². The maximum absolute atomic E-state index is 4.17. The van der Waals surface area contributed by atoms with E-state index >= 15 is 0 Å². The number of rotatable bonds is 3. The summed E-state index contributed by atoms with van der Waals surface area (Å²) in [5.41, 5.74) is 1.38. The van der Waals surface area contributed by atoms with E-state index in [1.807, 2.05) is 14.1 Å². The molecule has 1 aliphatic heterocycles. The lowest BCUT2D eigenvalue weighted by Crippen LogP contribution is -2.47. The number of halogens is 1. The molecule has 0 aromatic heterocycles. The number of guanidine groups is 1. The predicted octanol–water partition coefficient (Wildman–Crippen LogP) is 2.21. The zero-order valence-electron chi connectivity index (χ0n) is 12.2. The Morgan fingerprint density at radius 1 is 1.30 bits per heavy atom. The van der Waals surface area contributed by atoms with Crippen LogP contribution in [0.3, 0.4) is 0 Å². The van der Waals surface area contributed by atoms with Gasteiger partial charge < -0.3 is 10.6 Å². The first-order valence-corrected chi connectivity index (χ1v) is 7.88. The molecule has 20 heavy (non-hydrogen) atoms. The fourth-order valence-electron chi connectivity index (χ4n) is 2.53. The van der Waals surface area contributed by atoms with Gasteiger partial charge in [0, 0.05) is 44.2 Å². The van der Waals surface area contributed by atoms with Crippen LogP contribution in [0.4, 0.5) is 0 Å². The maximum atomic E-state index is 4.17. The number of nitrogens with one attached hydrogen (secondary N) is 2. The summed E-state index contributed by atoms with van der Waals surface area (Å²) < 4.78 is 1.14. The summed E-state index contributed by atoms with van der Waals surface area (Å²) in [5, 5.41) is 6.53. The third kappa shape index (κ3) is 4.49. The number of benzene rings is 1. The summed E-state index contributed by atoms with van der Waals surface area (Å²) in [6, 6.07) is 9.14. The minimum atomic E-state index is 0.530. The molecule has 5 heteroatoms. The summed E-state index contributed by atoms with van der Waals surface area (Å²) in [6.45, 7) is 3.31. The van der Waals surface area contributed by atoms with Gasteiger partial charge in [-0.25, -0.2) is 0 Å². The van der Waals surface area contributed by atoms with E-state index in [9.17, 15) is 0 Å². The Kier molecular flexibility index (Phi) is 5.86. The van der Waals surface area contributed by atoms with Gasteiger partial charge >= 0.3 is 0 Å². The highest BCUT2D eigenvalue weighted by Crippen LogP contribution is 2.16. The molecule has 0 amide bonds. The van der Waals surface area contributed by atoms with Gasteiger partial charge in [0.15, 0.2) is 5.96 Å². The number of likely N-dealkylation sites (tertiary alicyclic amines) is 1. The Bertz CT molecular complexity index is 436. The normalized spacial score (nSPS) is 18.1. The molecule has 1 aromatic carbocycles. The van der Waals surface area contributed by atoms with Crippen LogP contribution >= 0.6 is 15.9 Å². The zero-order valence-corrected chi connectivity index (χ0v) is 13.8. The maximum Gasteiger partial charge on any atom is 0.190 e. The second-order valence-corrected chi connectivity index (χ2v) is 6.06.